The number of hydrogen-bond acceptors (Lipinski definition) is 5. The third-order valence-corrected chi connectivity index (χ3v) is 4.27. The highest BCUT2D eigenvalue weighted by atomic mass is 19.1. The van der Waals surface area contributed by atoms with Gasteiger partial charge in [-0.05, 0) is 49.2 Å². The average molecular weight is 391 g/mol. The molecule has 1 N–H and O–H groups in total. The van der Waals surface area contributed by atoms with Gasteiger partial charge in [0.2, 0.25) is 5.88 Å². The van der Waals surface area contributed by atoms with Gasteiger partial charge in [-0.2, -0.15) is 5.10 Å². The molecule has 0 radical (unpaired) electrons. The van der Waals surface area contributed by atoms with E-state index in [0.29, 0.717) is 11.0 Å². The number of carbonyl (C=O) groups excluding carboxylic acids is 1. The first kappa shape index (κ1) is 18.5. The van der Waals surface area contributed by atoms with Gasteiger partial charge in [-0.15, -0.1) is 0 Å². The van der Waals surface area contributed by atoms with E-state index in [1.807, 2.05) is 26.0 Å². The number of fused-ring (bicyclic) bond motifs is 1. The molecule has 0 saturated carbocycles. The molecular formula is C21H18FN5O2. The molecule has 1 amide bonds. The molecule has 0 saturated heterocycles. The van der Waals surface area contributed by atoms with Crippen LogP contribution in [0.5, 0.6) is 5.88 Å². The Morgan fingerprint density at radius 2 is 1.90 bits per heavy atom. The normalized spacial score (nSPS) is 10.9. The number of ether oxygens (including phenoxy) is 1. The van der Waals surface area contributed by atoms with Crippen molar-refractivity contribution in [2.24, 2.45) is 0 Å². The van der Waals surface area contributed by atoms with Gasteiger partial charge in [0, 0.05) is 0 Å². The van der Waals surface area contributed by atoms with Crippen molar-refractivity contribution in [2.45, 2.75) is 13.8 Å². The molecule has 2 aromatic heterocycles. The van der Waals surface area contributed by atoms with E-state index in [9.17, 15) is 9.18 Å². The van der Waals surface area contributed by atoms with Gasteiger partial charge in [-0.1, -0.05) is 18.2 Å². The Kier molecular flexibility index (Phi) is 4.90. The molecule has 4 aromatic rings. The molecule has 0 fully saturated rings. The molecule has 4 rings (SSSR count). The van der Waals surface area contributed by atoms with E-state index in [0.717, 1.165) is 16.8 Å². The quantitative estimate of drug-likeness (QED) is 0.562. The van der Waals surface area contributed by atoms with E-state index in [-0.39, 0.29) is 18.2 Å². The molecule has 0 atom stereocenters. The molecule has 0 unspecified atom stereocenters. The lowest BCUT2D eigenvalue weighted by Crippen LogP contribution is -2.21. The molecule has 0 aliphatic heterocycles. The average Bonchev–Trinajstić information content (AvgIpc) is 3.12. The fourth-order valence-corrected chi connectivity index (χ4v) is 3.08. The summed E-state index contributed by atoms with van der Waals surface area (Å²) in [4.78, 5) is 20.5. The van der Waals surface area contributed by atoms with Gasteiger partial charge in [0.15, 0.2) is 12.3 Å². The Morgan fingerprint density at radius 3 is 2.66 bits per heavy atom. The summed E-state index contributed by atoms with van der Waals surface area (Å²) < 4.78 is 20.9. The van der Waals surface area contributed by atoms with Gasteiger partial charge in [0.1, 0.15) is 17.5 Å². The Bertz CT molecular complexity index is 1180. The minimum absolute atomic E-state index is 0.0940. The highest BCUT2D eigenvalue weighted by Gasteiger charge is 2.14. The van der Waals surface area contributed by atoms with Crippen LogP contribution in [0, 0.1) is 19.7 Å². The van der Waals surface area contributed by atoms with E-state index in [2.05, 4.69) is 26.4 Å². The van der Waals surface area contributed by atoms with Crippen LogP contribution in [0.15, 0.2) is 55.0 Å². The van der Waals surface area contributed by atoms with Crippen LogP contribution in [0.4, 0.5) is 10.1 Å². The van der Waals surface area contributed by atoms with Crippen LogP contribution < -0.4 is 10.1 Å². The van der Waals surface area contributed by atoms with Crippen molar-refractivity contribution in [1.29, 1.82) is 0 Å². The smallest absolute Gasteiger partial charge is 0.262 e. The van der Waals surface area contributed by atoms with Crippen LogP contribution in [0.3, 0.4) is 0 Å². The highest BCUT2D eigenvalue weighted by Crippen LogP contribution is 2.24. The Balaban J connectivity index is 1.55. The van der Waals surface area contributed by atoms with Crippen LogP contribution in [0.25, 0.3) is 16.7 Å². The third kappa shape index (κ3) is 3.91. The number of para-hydroxylation sites is 1. The summed E-state index contributed by atoms with van der Waals surface area (Å²) in [5.74, 6) is -0.780. The molecule has 0 spiro atoms. The number of aryl methyl sites for hydroxylation is 2. The number of benzene rings is 2. The lowest BCUT2D eigenvalue weighted by Gasteiger charge is -2.08. The number of hydrogen-bond donors (Lipinski definition) is 1. The SMILES string of the molecule is Cc1cc(C)cc(-n2ncc3c(OCC(=O)Nc4ccccc4F)ncnc32)c1. The summed E-state index contributed by atoms with van der Waals surface area (Å²) in [5.41, 5.74) is 3.75. The van der Waals surface area contributed by atoms with Crippen molar-refractivity contribution in [2.75, 3.05) is 11.9 Å². The van der Waals surface area contributed by atoms with Crippen molar-refractivity contribution < 1.29 is 13.9 Å². The van der Waals surface area contributed by atoms with Crippen molar-refractivity contribution in [3.63, 3.8) is 0 Å². The number of anilines is 1. The van der Waals surface area contributed by atoms with E-state index in [1.54, 1.807) is 23.0 Å². The third-order valence-electron chi connectivity index (χ3n) is 4.27. The Labute approximate surface area is 166 Å². The topological polar surface area (TPSA) is 81.9 Å². The zero-order valence-electron chi connectivity index (χ0n) is 15.9. The maximum atomic E-state index is 13.7. The first-order chi connectivity index (χ1) is 14.0. The number of rotatable bonds is 5. The molecular weight excluding hydrogens is 373 g/mol. The van der Waals surface area contributed by atoms with Crippen molar-refractivity contribution in [3.8, 4) is 11.6 Å². The largest absolute Gasteiger partial charge is 0.467 e. The summed E-state index contributed by atoms with van der Waals surface area (Å²) in [6, 6.07) is 12.0. The van der Waals surface area contributed by atoms with Crippen molar-refractivity contribution in [3.05, 3.63) is 71.9 Å². The van der Waals surface area contributed by atoms with Gasteiger partial charge in [-0.25, -0.2) is 19.0 Å². The van der Waals surface area contributed by atoms with Gasteiger partial charge < -0.3 is 10.1 Å². The molecule has 0 bridgehead atoms. The molecule has 2 heterocycles. The molecule has 7 nitrogen and oxygen atoms in total. The fourth-order valence-electron chi connectivity index (χ4n) is 3.08. The number of amides is 1. The number of nitrogens with zero attached hydrogens (tertiary/aromatic N) is 4. The first-order valence-electron chi connectivity index (χ1n) is 8.96. The summed E-state index contributed by atoms with van der Waals surface area (Å²) in [6.45, 7) is 3.70. The molecule has 2 aromatic carbocycles. The lowest BCUT2D eigenvalue weighted by molar-refractivity contribution is -0.118. The Morgan fingerprint density at radius 1 is 1.14 bits per heavy atom. The van der Waals surface area contributed by atoms with Gasteiger partial charge in [-0.3, -0.25) is 4.79 Å². The van der Waals surface area contributed by atoms with Gasteiger partial charge >= 0.3 is 0 Å². The lowest BCUT2D eigenvalue weighted by atomic mass is 10.1. The standard InChI is InChI=1S/C21H18FN5O2/c1-13-7-14(2)9-15(8-13)27-20-16(10-25-27)21(24-12-23-20)29-11-19(28)26-18-6-4-3-5-17(18)22/h3-10,12H,11H2,1-2H3,(H,26,28). The summed E-state index contributed by atoms with van der Waals surface area (Å²) in [7, 11) is 0. The van der Waals surface area contributed by atoms with E-state index >= 15 is 0 Å². The van der Waals surface area contributed by atoms with Crippen molar-refractivity contribution >= 4 is 22.6 Å². The second kappa shape index (κ2) is 7.67. The van der Waals surface area contributed by atoms with E-state index in [4.69, 9.17) is 4.74 Å². The van der Waals surface area contributed by atoms with E-state index < -0.39 is 11.7 Å². The van der Waals surface area contributed by atoms with Crippen LogP contribution >= 0.6 is 0 Å². The minimum atomic E-state index is -0.514. The first-order valence-corrected chi connectivity index (χ1v) is 8.96. The molecule has 0 aliphatic carbocycles. The molecule has 0 aliphatic rings. The maximum absolute atomic E-state index is 13.7. The molecule has 8 heteroatoms. The minimum Gasteiger partial charge on any atom is -0.467 e. The van der Waals surface area contributed by atoms with E-state index in [1.165, 1.54) is 18.5 Å². The van der Waals surface area contributed by atoms with Crippen LogP contribution in [0.2, 0.25) is 0 Å². The Hall–Kier alpha value is -3.81. The summed E-state index contributed by atoms with van der Waals surface area (Å²) in [6.07, 6.45) is 2.95. The predicted molar refractivity (Wildman–Crippen MR) is 107 cm³/mol. The van der Waals surface area contributed by atoms with Crippen molar-refractivity contribution in [1.82, 2.24) is 19.7 Å². The number of aromatic nitrogens is 4. The number of halogens is 1. The maximum Gasteiger partial charge on any atom is 0.262 e. The highest BCUT2D eigenvalue weighted by molar-refractivity contribution is 5.92. The second-order valence-corrected chi connectivity index (χ2v) is 6.64. The monoisotopic (exact) mass is 391 g/mol. The number of nitrogens with one attached hydrogen (secondary N) is 1. The number of carbonyl (C=O) groups is 1. The zero-order chi connectivity index (χ0) is 20.4. The predicted octanol–water partition coefficient (Wildman–Crippen LogP) is 3.59. The zero-order valence-corrected chi connectivity index (χ0v) is 15.9. The fraction of sp³-hybridized carbons (Fsp3) is 0.143. The molecule has 29 heavy (non-hydrogen) atoms. The van der Waals surface area contributed by atoms with Gasteiger partial charge in [0.05, 0.1) is 17.6 Å². The molecule has 146 valence electrons. The van der Waals surface area contributed by atoms with Crippen LogP contribution in [-0.2, 0) is 4.79 Å². The van der Waals surface area contributed by atoms with Crippen LogP contribution in [0.1, 0.15) is 11.1 Å². The second-order valence-electron chi connectivity index (χ2n) is 6.64. The summed E-state index contributed by atoms with van der Waals surface area (Å²) in [5, 5.41) is 7.44. The van der Waals surface area contributed by atoms with Crippen LogP contribution in [-0.4, -0.2) is 32.3 Å². The van der Waals surface area contributed by atoms with Gasteiger partial charge in [0.25, 0.3) is 5.91 Å². The summed E-state index contributed by atoms with van der Waals surface area (Å²) >= 11 is 0.